The summed E-state index contributed by atoms with van der Waals surface area (Å²) in [4.78, 5) is 37.0. The lowest BCUT2D eigenvalue weighted by Crippen LogP contribution is -2.44. The maximum Gasteiger partial charge on any atom is 0.407 e. The van der Waals surface area contributed by atoms with E-state index in [1.807, 2.05) is 31.2 Å². The average Bonchev–Trinajstić information content (AvgIpc) is 3.20. The number of aromatic carboxylic acids is 1. The normalized spacial score (nSPS) is 13.8. The minimum Gasteiger partial charge on any atom is -0.478 e. The highest BCUT2D eigenvalue weighted by Gasteiger charge is 2.33. The molecule has 0 aliphatic heterocycles. The van der Waals surface area contributed by atoms with Crippen LogP contribution in [0.3, 0.4) is 0 Å². The van der Waals surface area contributed by atoms with Crippen molar-refractivity contribution in [3.63, 3.8) is 0 Å². The van der Waals surface area contributed by atoms with Crippen LogP contribution in [-0.2, 0) is 9.53 Å². The van der Waals surface area contributed by atoms with Crippen LogP contribution < -0.4 is 10.6 Å². The summed E-state index contributed by atoms with van der Waals surface area (Å²) in [7, 11) is 0. The summed E-state index contributed by atoms with van der Waals surface area (Å²) in [5, 5.41) is 14.8. The van der Waals surface area contributed by atoms with Gasteiger partial charge in [-0.05, 0) is 47.7 Å². The molecular weight excluding hydrogens is 444 g/mol. The number of hydrogen-bond acceptors (Lipinski definition) is 4. The van der Waals surface area contributed by atoms with E-state index in [1.165, 1.54) is 12.1 Å². The van der Waals surface area contributed by atoms with Crippen LogP contribution in [0.5, 0.6) is 0 Å². The molecule has 0 aromatic heterocycles. The van der Waals surface area contributed by atoms with Gasteiger partial charge < -0.3 is 20.5 Å². The summed E-state index contributed by atoms with van der Waals surface area (Å²) in [6.45, 7) is 3.78. The molecule has 0 saturated heterocycles. The quantitative estimate of drug-likeness (QED) is 0.414. The number of carbonyl (C=O) groups excluding carboxylic acids is 2. The Morgan fingerprint density at radius 1 is 0.914 bits per heavy atom. The molecule has 1 aliphatic rings. The molecule has 0 spiro atoms. The van der Waals surface area contributed by atoms with E-state index in [0.29, 0.717) is 6.42 Å². The van der Waals surface area contributed by atoms with Crippen molar-refractivity contribution >= 4 is 23.7 Å². The van der Waals surface area contributed by atoms with E-state index in [1.54, 1.807) is 19.1 Å². The van der Waals surface area contributed by atoms with Gasteiger partial charge >= 0.3 is 12.1 Å². The molecule has 1 atom stereocenters. The minimum absolute atomic E-state index is 0.00352. The number of benzene rings is 3. The molecule has 3 aromatic rings. The number of fused-ring (bicyclic) bond motifs is 3. The van der Waals surface area contributed by atoms with E-state index in [2.05, 4.69) is 34.9 Å². The molecule has 0 saturated carbocycles. The molecule has 1 aliphatic carbocycles. The zero-order valence-electron chi connectivity index (χ0n) is 19.7. The Morgan fingerprint density at radius 3 is 2.09 bits per heavy atom. The van der Waals surface area contributed by atoms with E-state index in [9.17, 15) is 19.5 Å². The van der Waals surface area contributed by atoms with Crippen molar-refractivity contribution in [2.45, 2.75) is 26.2 Å². The van der Waals surface area contributed by atoms with E-state index < -0.39 is 17.5 Å². The van der Waals surface area contributed by atoms with Gasteiger partial charge in [-0.3, -0.25) is 4.79 Å². The fraction of sp³-hybridized carbons (Fsp3) is 0.250. The maximum absolute atomic E-state index is 13.0. The lowest BCUT2D eigenvalue weighted by Gasteiger charge is -2.27. The Bertz CT molecular complexity index is 1230. The van der Waals surface area contributed by atoms with E-state index in [-0.39, 0.29) is 36.2 Å². The second kappa shape index (κ2) is 10.0. The first-order valence-electron chi connectivity index (χ1n) is 11.6. The van der Waals surface area contributed by atoms with E-state index >= 15 is 0 Å². The van der Waals surface area contributed by atoms with Gasteiger partial charge in [0.25, 0.3) is 0 Å². The molecule has 3 N–H and O–H groups in total. The largest absolute Gasteiger partial charge is 0.478 e. The third-order valence-electron chi connectivity index (χ3n) is 6.70. The molecule has 4 rings (SSSR count). The van der Waals surface area contributed by atoms with E-state index in [4.69, 9.17) is 4.74 Å². The van der Waals surface area contributed by atoms with Crippen LogP contribution in [0.4, 0.5) is 10.5 Å². The van der Waals surface area contributed by atoms with Crippen molar-refractivity contribution in [3.05, 3.63) is 89.5 Å². The average molecular weight is 473 g/mol. The summed E-state index contributed by atoms with van der Waals surface area (Å²) in [6.07, 6.45) is -0.178. The number of carboxylic acids is 1. The van der Waals surface area contributed by atoms with Gasteiger partial charge in [0.15, 0.2) is 0 Å². The molecule has 7 heteroatoms. The number of rotatable bonds is 8. The summed E-state index contributed by atoms with van der Waals surface area (Å²) in [6, 6.07) is 22.4. The first kappa shape index (κ1) is 24.0. The Morgan fingerprint density at radius 2 is 1.49 bits per heavy atom. The van der Waals surface area contributed by atoms with Gasteiger partial charge in [0.1, 0.15) is 6.61 Å². The van der Waals surface area contributed by atoms with Crippen molar-refractivity contribution in [3.8, 4) is 11.1 Å². The molecule has 3 aromatic carbocycles. The standard InChI is InChI=1S/C28H28N2O5/c1-3-28(2,26(33)30-24-15-9-8-14-22(24)25(31)32)17-29-27(34)35-16-23-20-12-6-4-10-18(20)19-11-5-7-13-21(19)23/h4-15,23H,3,16-17H2,1-2H3,(H,29,34)(H,30,33)(H,31,32). The number of amides is 2. The van der Waals surface area contributed by atoms with Crippen LogP contribution in [0.1, 0.15) is 47.7 Å². The van der Waals surface area contributed by atoms with Gasteiger partial charge in [0.2, 0.25) is 5.91 Å². The topological polar surface area (TPSA) is 105 Å². The molecule has 180 valence electrons. The van der Waals surface area contributed by atoms with Crippen molar-refractivity contribution in [2.24, 2.45) is 5.41 Å². The lowest BCUT2D eigenvalue weighted by atomic mass is 9.86. The van der Waals surface area contributed by atoms with Crippen LogP contribution in [0.2, 0.25) is 0 Å². The SMILES string of the molecule is CCC(C)(CNC(=O)OCC1c2ccccc2-c2ccccc21)C(=O)Nc1ccccc1C(=O)O. The molecular formula is C28H28N2O5. The number of anilines is 1. The first-order chi connectivity index (χ1) is 16.8. The zero-order chi connectivity index (χ0) is 25.0. The predicted octanol–water partition coefficient (Wildman–Crippen LogP) is 5.28. The number of hydrogen-bond donors (Lipinski definition) is 3. The summed E-state index contributed by atoms with van der Waals surface area (Å²) in [5.41, 5.74) is 3.79. The fourth-order valence-electron chi connectivity index (χ4n) is 4.33. The van der Waals surface area contributed by atoms with Crippen molar-refractivity contribution in [2.75, 3.05) is 18.5 Å². The van der Waals surface area contributed by atoms with Crippen molar-refractivity contribution in [1.29, 1.82) is 0 Å². The summed E-state index contributed by atoms with van der Waals surface area (Å²) in [5.74, 6) is -1.56. The Kier molecular flexibility index (Phi) is 6.87. The van der Waals surface area contributed by atoms with E-state index in [0.717, 1.165) is 22.3 Å². The van der Waals surface area contributed by atoms with Gasteiger partial charge in [0.05, 0.1) is 16.7 Å². The van der Waals surface area contributed by atoms with Gasteiger partial charge in [-0.1, -0.05) is 67.6 Å². The summed E-state index contributed by atoms with van der Waals surface area (Å²) < 4.78 is 5.57. The number of para-hydroxylation sites is 1. The van der Waals surface area contributed by atoms with Crippen molar-refractivity contribution < 1.29 is 24.2 Å². The molecule has 1 unspecified atom stereocenters. The second-order valence-electron chi connectivity index (χ2n) is 8.90. The van der Waals surface area contributed by atoms with Gasteiger partial charge in [-0.15, -0.1) is 0 Å². The highest BCUT2D eigenvalue weighted by atomic mass is 16.5. The molecule has 2 amide bonds. The number of alkyl carbamates (subject to hydrolysis) is 1. The summed E-state index contributed by atoms with van der Waals surface area (Å²) >= 11 is 0. The number of carbonyl (C=O) groups is 3. The monoisotopic (exact) mass is 472 g/mol. The van der Waals surface area contributed by atoms with Crippen LogP contribution in [0.15, 0.2) is 72.8 Å². The number of nitrogens with one attached hydrogen (secondary N) is 2. The van der Waals surface area contributed by atoms with Gasteiger partial charge in [-0.2, -0.15) is 0 Å². The predicted molar refractivity (Wildman–Crippen MR) is 134 cm³/mol. The Balaban J connectivity index is 1.38. The van der Waals surface area contributed by atoms with Gasteiger partial charge in [-0.25, -0.2) is 9.59 Å². The number of ether oxygens (including phenoxy) is 1. The minimum atomic E-state index is -1.13. The Labute approximate surface area is 204 Å². The van der Waals surface area contributed by atoms with Crippen LogP contribution in [0, 0.1) is 5.41 Å². The molecule has 7 nitrogen and oxygen atoms in total. The molecule has 0 heterocycles. The Hall–Kier alpha value is -4.13. The van der Waals surface area contributed by atoms with Crippen LogP contribution in [-0.4, -0.2) is 36.2 Å². The second-order valence-corrected chi connectivity index (χ2v) is 8.90. The van der Waals surface area contributed by atoms with Crippen LogP contribution >= 0.6 is 0 Å². The van der Waals surface area contributed by atoms with Gasteiger partial charge in [0, 0.05) is 12.5 Å². The zero-order valence-corrected chi connectivity index (χ0v) is 19.7. The molecule has 0 bridgehead atoms. The third-order valence-corrected chi connectivity index (χ3v) is 6.70. The van der Waals surface area contributed by atoms with Crippen molar-refractivity contribution in [1.82, 2.24) is 5.32 Å². The third kappa shape index (κ3) is 4.89. The smallest absolute Gasteiger partial charge is 0.407 e. The highest BCUT2D eigenvalue weighted by molar-refractivity contribution is 6.02. The lowest BCUT2D eigenvalue weighted by molar-refractivity contribution is -0.124. The maximum atomic E-state index is 13.0. The molecule has 0 fully saturated rings. The van der Waals surface area contributed by atoms with Crippen LogP contribution in [0.25, 0.3) is 11.1 Å². The fourth-order valence-corrected chi connectivity index (χ4v) is 4.33. The highest BCUT2D eigenvalue weighted by Crippen LogP contribution is 2.44. The number of carboxylic acid groups (broad SMARTS) is 1. The first-order valence-corrected chi connectivity index (χ1v) is 11.6. The molecule has 0 radical (unpaired) electrons. The molecule has 35 heavy (non-hydrogen) atoms.